The van der Waals surface area contributed by atoms with Crippen molar-refractivity contribution in [2.24, 2.45) is 0 Å². The second-order valence-corrected chi connectivity index (χ2v) is 18.1. The molecule has 1 fully saturated rings. The number of rotatable bonds is 44. The van der Waals surface area contributed by atoms with Crippen LogP contribution in [0.2, 0.25) is 0 Å². The first kappa shape index (κ1) is 63.2. The molecule has 0 aliphatic carbocycles. The third kappa shape index (κ3) is 35.8. The summed E-state index contributed by atoms with van der Waals surface area (Å²) in [7, 11) is 0. The highest BCUT2D eigenvalue weighted by atomic mass is 16.7. The third-order valence-electron chi connectivity index (χ3n) is 11.8. The minimum atomic E-state index is -1.91. The van der Waals surface area contributed by atoms with Gasteiger partial charge in [0.1, 0.15) is 18.8 Å². The van der Waals surface area contributed by atoms with Gasteiger partial charge in [0, 0.05) is 19.3 Å². The minimum Gasteiger partial charge on any atom is -0.479 e. The predicted molar refractivity (Wildman–Crippen MR) is 275 cm³/mol. The average Bonchev–Trinajstić information content (AvgIpc) is 3.33. The maximum absolute atomic E-state index is 13.0. The third-order valence-corrected chi connectivity index (χ3v) is 11.8. The van der Waals surface area contributed by atoms with Crippen molar-refractivity contribution in [2.45, 2.75) is 250 Å². The summed E-state index contributed by atoms with van der Waals surface area (Å²) in [6, 6.07) is 0. The van der Waals surface area contributed by atoms with E-state index in [2.05, 4.69) is 93.7 Å². The highest BCUT2D eigenvalue weighted by Gasteiger charge is 2.50. The molecule has 1 saturated heterocycles. The molecule has 0 spiro atoms. The van der Waals surface area contributed by atoms with Gasteiger partial charge in [0.15, 0.2) is 24.6 Å². The van der Waals surface area contributed by atoms with Gasteiger partial charge in [0.2, 0.25) is 0 Å². The molecule has 0 aromatic carbocycles. The minimum absolute atomic E-state index is 0.0232. The Balaban J connectivity index is 2.70. The van der Waals surface area contributed by atoms with Gasteiger partial charge in [0.25, 0.3) is 0 Å². The number of carboxylic acids is 1. The Morgan fingerprint density at radius 2 is 0.913 bits per heavy atom. The van der Waals surface area contributed by atoms with Crippen LogP contribution in [-0.2, 0) is 42.9 Å². The summed E-state index contributed by atoms with van der Waals surface area (Å²) in [5, 5.41) is 31.3. The van der Waals surface area contributed by atoms with Crippen LogP contribution in [0.25, 0.3) is 0 Å². The number of esters is 3. The van der Waals surface area contributed by atoms with Crippen molar-refractivity contribution < 1.29 is 58.2 Å². The van der Waals surface area contributed by atoms with Crippen LogP contribution in [-0.4, -0.2) is 89.2 Å². The first-order chi connectivity index (χ1) is 33.6. The van der Waals surface area contributed by atoms with Gasteiger partial charge in [0.05, 0.1) is 6.61 Å². The van der Waals surface area contributed by atoms with Crippen molar-refractivity contribution in [1.82, 2.24) is 0 Å². The van der Waals surface area contributed by atoms with E-state index in [0.717, 1.165) is 116 Å². The molecule has 0 aromatic rings. The Kier molecular flexibility index (Phi) is 41.5. The van der Waals surface area contributed by atoms with Crippen molar-refractivity contribution >= 4 is 23.9 Å². The molecule has 69 heavy (non-hydrogen) atoms. The quantitative estimate of drug-likeness (QED) is 0.0228. The Bertz CT molecular complexity index is 1480. The normalized spacial score (nSPS) is 19.2. The summed E-state index contributed by atoms with van der Waals surface area (Å²) in [5.41, 5.74) is 0. The van der Waals surface area contributed by atoms with Crippen LogP contribution >= 0.6 is 0 Å². The molecule has 1 heterocycles. The highest BCUT2D eigenvalue weighted by Crippen LogP contribution is 2.26. The maximum Gasteiger partial charge on any atom is 0.335 e. The maximum atomic E-state index is 13.0. The van der Waals surface area contributed by atoms with Crippen LogP contribution < -0.4 is 0 Å². The van der Waals surface area contributed by atoms with E-state index in [0.29, 0.717) is 19.3 Å². The number of carboxylic acid groups (broad SMARTS) is 1. The van der Waals surface area contributed by atoms with Gasteiger partial charge in [-0.3, -0.25) is 14.4 Å². The van der Waals surface area contributed by atoms with E-state index in [4.69, 9.17) is 23.7 Å². The van der Waals surface area contributed by atoms with E-state index in [1.165, 1.54) is 38.5 Å². The van der Waals surface area contributed by atoms with Gasteiger partial charge in [-0.15, -0.1) is 0 Å². The monoisotopic (exact) mass is 971 g/mol. The fourth-order valence-electron chi connectivity index (χ4n) is 7.69. The molecule has 6 atom stereocenters. The molecule has 1 aliphatic rings. The van der Waals surface area contributed by atoms with Crippen LogP contribution in [0.4, 0.5) is 0 Å². The molecule has 0 aromatic heterocycles. The number of unbranched alkanes of at least 4 members (excludes halogenated alkanes) is 18. The van der Waals surface area contributed by atoms with Crippen molar-refractivity contribution in [3.8, 4) is 0 Å². The van der Waals surface area contributed by atoms with E-state index in [1.807, 2.05) is 0 Å². The number of ether oxygens (including phenoxy) is 5. The largest absolute Gasteiger partial charge is 0.479 e. The SMILES string of the molecule is CC/C=C\C/C=C\C/C=C\CCCCCCCCCC(=O)OCC(COC1OC(C(=O)O)C(O)C(O)C1OC(=O)CCCCC/C=C\C/C=C\C/C=C\CC)OC(=O)CCCCCCCCCCC. The summed E-state index contributed by atoms with van der Waals surface area (Å²) in [5.74, 6) is -3.18. The lowest BCUT2D eigenvalue weighted by atomic mass is 9.98. The Morgan fingerprint density at radius 1 is 0.493 bits per heavy atom. The van der Waals surface area contributed by atoms with Gasteiger partial charge in [-0.2, -0.15) is 0 Å². The van der Waals surface area contributed by atoms with Gasteiger partial charge < -0.3 is 39.0 Å². The lowest BCUT2D eigenvalue weighted by molar-refractivity contribution is -0.301. The van der Waals surface area contributed by atoms with Gasteiger partial charge in [-0.1, -0.05) is 184 Å². The fourth-order valence-corrected chi connectivity index (χ4v) is 7.69. The second kappa shape index (κ2) is 45.3. The Hall–Kier alpha value is -3.84. The number of aliphatic carboxylic acids is 1. The smallest absolute Gasteiger partial charge is 0.335 e. The van der Waals surface area contributed by atoms with E-state index in [1.54, 1.807) is 0 Å². The molecule has 3 N–H and O–H groups in total. The van der Waals surface area contributed by atoms with Crippen LogP contribution in [0.3, 0.4) is 0 Å². The molecular weight excluding hydrogens is 877 g/mol. The Morgan fingerprint density at radius 3 is 1.41 bits per heavy atom. The number of carbonyl (C=O) groups is 4. The van der Waals surface area contributed by atoms with Crippen molar-refractivity contribution in [3.63, 3.8) is 0 Å². The first-order valence-electron chi connectivity index (χ1n) is 26.9. The zero-order valence-corrected chi connectivity index (χ0v) is 43.0. The second-order valence-electron chi connectivity index (χ2n) is 18.1. The van der Waals surface area contributed by atoms with Gasteiger partial charge in [-0.05, 0) is 83.5 Å². The zero-order valence-electron chi connectivity index (χ0n) is 43.0. The molecule has 1 rings (SSSR count). The lowest BCUT2D eigenvalue weighted by Crippen LogP contribution is -2.61. The molecule has 0 saturated carbocycles. The standard InChI is InChI=1S/C57H94O12/c1-4-7-10-13-16-19-21-23-24-25-26-28-29-32-34-37-40-43-49(58)65-46-48(67-50(59)44-41-38-35-31-18-15-12-9-6-3)47-66-57-55(53(62)52(61)54(69-57)56(63)64)68-51(60)45-42-39-36-33-30-27-22-20-17-14-11-8-5-2/h7-8,10-11,16-17,19-20,23-24,27,30,48,52-55,57,61-62H,4-6,9,12-15,18,21-22,25-26,28-29,31-47H2,1-3H3,(H,63,64)/b10-7-,11-8-,19-16-,20-17-,24-23-,30-27-. The summed E-state index contributed by atoms with van der Waals surface area (Å²) in [6.07, 6.45) is 43.3. The first-order valence-corrected chi connectivity index (χ1v) is 26.9. The fraction of sp³-hybridized carbons (Fsp3) is 0.719. The number of hydrogen-bond acceptors (Lipinski definition) is 11. The highest BCUT2D eigenvalue weighted by molar-refractivity contribution is 5.74. The summed E-state index contributed by atoms with van der Waals surface area (Å²) >= 11 is 0. The molecule has 12 nitrogen and oxygen atoms in total. The van der Waals surface area contributed by atoms with Crippen LogP contribution in [0, 0.1) is 0 Å². The van der Waals surface area contributed by atoms with Crippen LogP contribution in [0.1, 0.15) is 213 Å². The number of aliphatic hydroxyl groups is 2. The summed E-state index contributed by atoms with van der Waals surface area (Å²) < 4.78 is 28.2. The van der Waals surface area contributed by atoms with Crippen LogP contribution in [0.15, 0.2) is 72.9 Å². The molecule has 6 unspecified atom stereocenters. The Labute approximate surface area is 417 Å². The molecular formula is C57H94O12. The number of aliphatic hydroxyl groups excluding tert-OH is 2. The van der Waals surface area contributed by atoms with E-state index in [9.17, 15) is 34.5 Å². The zero-order chi connectivity index (χ0) is 50.4. The summed E-state index contributed by atoms with van der Waals surface area (Å²) in [4.78, 5) is 50.8. The predicted octanol–water partition coefficient (Wildman–Crippen LogP) is 13.0. The van der Waals surface area contributed by atoms with Crippen molar-refractivity contribution in [3.05, 3.63) is 72.9 Å². The van der Waals surface area contributed by atoms with E-state index >= 15 is 0 Å². The molecule has 1 aliphatic heterocycles. The number of allylic oxidation sites excluding steroid dienone is 12. The average molecular weight is 971 g/mol. The molecule has 0 radical (unpaired) electrons. The molecule has 0 bridgehead atoms. The topological polar surface area (TPSA) is 175 Å². The number of hydrogen-bond donors (Lipinski definition) is 3. The number of carbonyl (C=O) groups excluding carboxylic acids is 3. The van der Waals surface area contributed by atoms with Crippen molar-refractivity contribution in [1.29, 1.82) is 0 Å². The molecule has 0 amide bonds. The van der Waals surface area contributed by atoms with Crippen molar-refractivity contribution in [2.75, 3.05) is 13.2 Å². The van der Waals surface area contributed by atoms with E-state index in [-0.39, 0.29) is 25.9 Å². The van der Waals surface area contributed by atoms with Gasteiger partial charge in [-0.25, -0.2) is 4.79 Å². The van der Waals surface area contributed by atoms with E-state index < -0.39 is 67.3 Å². The molecule has 394 valence electrons. The summed E-state index contributed by atoms with van der Waals surface area (Å²) in [6.45, 7) is 5.69. The van der Waals surface area contributed by atoms with Gasteiger partial charge >= 0.3 is 23.9 Å². The lowest BCUT2D eigenvalue weighted by Gasteiger charge is -2.40. The molecule has 12 heteroatoms. The van der Waals surface area contributed by atoms with Crippen LogP contribution in [0.5, 0.6) is 0 Å².